The van der Waals surface area contributed by atoms with Crippen LogP contribution in [-0.4, -0.2) is 36.3 Å². The molecule has 0 heterocycles. The van der Waals surface area contributed by atoms with Gasteiger partial charge in [0.25, 0.3) is 5.91 Å². The normalized spacial score (nSPS) is 10.2. The van der Waals surface area contributed by atoms with Gasteiger partial charge >= 0.3 is 5.97 Å². The first-order valence-corrected chi connectivity index (χ1v) is 8.30. The molecule has 0 aromatic heterocycles. The number of likely N-dealkylation sites (N-methyl/N-ethyl adjacent to an activating group) is 1. The van der Waals surface area contributed by atoms with E-state index in [0.29, 0.717) is 11.3 Å². The van der Waals surface area contributed by atoms with Crippen LogP contribution in [-0.2, 0) is 20.9 Å². The van der Waals surface area contributed by atoms with E-state index < -0.39 is 18.5 Å². The van der Waals surface area contributed by atoms with Crippen molar-refractivity contribution in [3.8, 4) is 0 Å². The topological polar surface area (TPSA) is 75.7 Å². The number of hydrogen-bond donors (Lipinski definition) is 1. The quantitative estimate of drug-likeness (QED) is 0.791. The van der Waals surface area contributed by atoms with E-state index in [1.54, 1.807) is 38.2 Å². The molecule has 0 fully saturated rings. The fourth-order valence-electron chi connectivity index (χ4n) is 2.45. The van der Waals surface area contributed by atoms with E-state index in [9.17, 15) is 18.8 Å². The molecule has 0 bridgehead atoms. The van der Waals surface area contributed by atoms with Crippen molar-refractivity contribution >= 4 is 23.5 Å². The number of halogens is 1. The molecule has 0 saturated heterocycles. The first kappa shape index (κ1) is 20.1. The van der Waals surface area contributed by atoms with Gasteiger partial charge in [0.1, 0.15) is 5.82 Å². The number of carbonyl (C=O) groups is 3. The Morgan fingerprint density at radius 3 is 2.41 bits per heavy atom. The maximum absolute atomic E-state index is 12.9. The van der Waals surface area contributed by atoms with Gasteiger partial charge in [-0.25, -0.2) is 9.18 Å². The van der Waals surface area contributed by atoms with Gasteiger partial charge in [-0.2, -0.15) is 0 Å². The average molecular weight is 372 g/mol. The van der Waals surface area contributed by atoms with Crippen molar-refractivity contribution in [1.82, 2.24) is 4.90 Å². The zero-order chi connectivity index (χ0) is 20.0. The molecule has 0 aliphatic rings. The van der Waals surface area contributed by atoms with Crippen LogP contribution in [0.15, 0.2) is 42.5 Å². The predicted octanol–water partition coefficient (Wildman–Crippen LogP) is 2.91. The van der Waals surface area contributed by atoms with Crippen LogP contribution in [0.2, 0.25) is 0 Å². The zero-order valence-corrected chi connectivity index (χ0v) is 15.4. The van der Waals surface area contributed by atoms with Crippen molar-refractivity contribution in [2.24, 2.45) is 0 Å². The Balaban J connectivity index is 1.98. The summed E-state index contributed by atoms with van der Waals surface area (Å²) in [6, 6.07) is 10.7. The Labute approximate surface area is 156 Å². The summed E-state index contributed by atoms with van der Waals surface area (Å²) in [4.78, 5) is 37.2. The Morgan fingerprint density at radius 2 is 1.78 bits per heavy atom. The standard InChI is InChI=1S/C20H21FN2O4/c1-13-5-4-6-17(19(13)22-14(2)24)20(26)27-12-18(25)23(3)11-15-7-9-16(21)10-8-15/h4-10H,11-12H2,1-3H3,(H,22,24). The van der Waals surface area contributed by atoms with E-state index in [2.05, 4.69) is 5.32 Å². The highest BCUT2D eigenvalue weighted by atomic mass is 19.1. The van der Waals surface area contributed by atoms with E-state index in [1.807, 2.05) is 0 Å². The minimum atomic E-state index is -0.703. The Morgan fingerprint density at radius 1 is 1.11 bits per heavy atom. The molecule has 0 unspecified atom stereocenters. The van der Waals surface area contributed by atoms with Crippen LogP contribution in [0.5, 0.6) is 0 Å². The fourth-order valence-corrected chi connectivity index (χ4v) is 2.45. The molecule has 2 aromatic carbocycles. The second-order valence-electron chi connectivity index (χ2n) is 6.13. The van der Waals surface area contributed by atoms with Crippen molar-refractivity contribution in [3.05, 3.63) is 65.0 Å². The largest absolute Gasteiger partial charge is 0.452 e. The molecule has 142 valence electrons. The van der Waals surface area contributed by atoms with Gasteiger partial charge in [-0.1, -0.05) is 24.3 Å². The van der Waals surface area contributed by atoms with Gasteiger partial charge in [0.2, 0.25) is 5.91 Å². The van der Waals surface area contributed by atoms with Crippen LogP contribution < -0.4 is 5.32 Å². The Kier molecular flexibility index (Phi) is 6.65. The Hall–Kier alpha value is -3.22. The summed E-state index contributed by atoms with van der Waals surface area (Å²) in [6.45, 7) is 2.92. The van der Waals surface area contributed by atoms with Crippen LogP contribution in [0.4, 0.5) is 10.1 Å². The molecular weight excluding hydrogens is 351 g/mol. The SMILES string of the molecule is CC(=O)Nc1c(C)cccc1C(=O)OCC(=O)N(C)Cc1ccc(F)cc1. The molecular formula is C20H21FN2O4. The lowest BCUT2D eigenvalue weighted by molar-refractivity contribution is -0.133. The van der Waals surface area contributed by atoms with E-state index in [-0.39, 0.29) is 23.8 Å². The van der Waals surface area contributed by atoms with Crippen LogP contribution in [0.3, 0.4) is 0 Å². The van der Waals surface area contributed by atoms with Gasteiger partial charge in [-0.15, -0.1) is 0 Å². The number of aryl methyl sites for hydroxylation is 1. The minimum absolute atomic E-state index is 0.180. The number of nitrogens with zero attached hydrogens (tertiary/aromatic N) is 1. The average Bonchev–Trinajstić information content (AvgIpc) is 2.62. The molecule has 2 amide bonds. The monoisotopic (exact) mass is 372 g/mol. The highest BCUT2D eigenvalue weighted by Crippen LogP contribution is 2.21. The lowest BCUT2D eigenvalue weighted by Gasteiger charge is -2.18. The number of hydrogen-bond acceptors (Lipinski definition) is 4. The first-order chi connectivity index (χ1) is 12.8. The fraction of sp³-hybridized carbons (Fsp3) is 0.250. The molecule has 0 spiro atoms. The second kappa shape index (κ2) is 8.93. The van der Waals surface area contributed by atoms with Gasteiger partial charge in [0.05, 0.1) is 11.3 Å². The van der Waals surface area contributed by atoms with Crippen molar-refractivity contribution < 1.29 is 23.5 Å². The lowest BCUT2D eigenvalue weighted by Crippen LogP contribution is -2.31. The van der Waals surface area contributed by atoms with E-state index in [0.717, 1.165) is 5.56 Å². The van der Waals surface area contributed by atoms with Crippen molar-refractivity contribution in [2.75, 3.05) is 19.0 Å². The van der Waals surface area contributed by atoms with Crippen molar-refractivity contribution in [2.45, 2.75) is 20.4 Å². The summed E-state index contributed by atoms with van der Waals surface area (Å²) in [6.07, 6.45) is 0. The van der Waals surface area contributed by atoms with Gasteiger partial charge in [0.15, 0.2) is 6.61 Å². The number of nitrogens with one attached hydrogen (secondary N) is 1. The highest BCUT2D eigenvalue weighted by molar-refractivity contribution is 6.02. The summed E-state index contributed by atoms with van der Waals surface area (Å²) in [7, 11) is 1.56. The number of benzene rings is 2. The van der Waals surface area contributed by atoms with Crippen LogP contribution in [0.1, 0.15) is 28.4 Å². The lowest BCUT2D eigenvalue weighted by atomic mass is 10.1. The molecule has 2 rings (SSSR count). The molecule has 1 N–H and O–H groups in total. The van der Waals surface area contributed by atoms with Gasteiger partial charge in [-0.05, 0) is 36.2 Å². The molecule has 0 atom stereocenters. The number of carbonyl (C=O) groups excluding carboxylic acids is 3. The summed E-state index contributed by atoms with van der Waals surface area (Å²) in [5, 5.41) is 2.60. The summed E-state index contributed by atoms with van der Waals surface area (Å²) >= 11 is 0. The molecule has 0 saturated carbocycles. The van der Waals surface area contributed by atoms with Crippen LogP contribution >= 0.6 is 0 Å². The molecule has 0 radical (unpaired) electrons. The molecule has 6 nitrogen and oxygen atoms in total. The summed E-state index contributed by atoms with van der Waals surface area (Å²) in [5.41, 5.74) is 2.01. The smallest absolute Gasteiger partial charge is 0.340 e. The van der Waals surface area contributed by atoms with E-state index in [4.69, 9.17) is 4.74 Å². The number of para-hydroxylation sites is 1. The number of rotatable bonds is 6. The van der Waals surface area contributed by atoms with E-state index >= 15 is 0 Å². The third-order valence-electron chi connectivity index (χ3n) is 3.88. The summed E-state index contributed by atoms with van der Waals surface area (Å²) < 4.78 is 18.0. The highest BCUT2D eigenvalue weighted by Gasteiger charge is 2.18. The Bertz CT molecular complexity index is 850. The molecule has 2 aromatic rings. The van der Waals surface area contributed by atoms with Gasteiger partial charge in [0, 0.05) is 20.5 Å². The molecule has 27 heavy (non-hydrogen) atoms. The van der Waals surface area contributed by atoms with Crippen LogP contribution in [0.25, 0.3) is 0 Å². The van der Waals surface area contributed by atoms with Gasteiger partial charge < -0.3 is 15.0 Å². The van der Waals surface area contributed by atoms with E-state index in [1.165, 1.54) is 30.0 Å². The number of ether oxygens (including phenoxy) is 1. The number of amides is 2. The number of esters is 1. The first-order valence-electron chi connectivity index (χ1n) is 8.30. The molecule has 0 aliphatic carbocycles. The maximum atomic E-state index is 12.9. The maximum Gasteiger partial charge on any atom is 0.340 e. The van der Waals surface area contributed by atoms with Crippen LogP contribution in [0, 0.1) is 12.7 Å². The van der Waals surface area contributed by atoms with Crippen molar-refractivity contribution in [3.63, 3.8) is 0 Å². The minimum Gasteiger partial charge on any atom is -0.452 e. The molecule has 7 heteroatoms. The third-order valence-corrected chi connectivity index (χ3v) is 3.88. The molecule has 0 aliphatic heterocycles. The number of anilines is 1. The second-order valence-corrected chi connectivity index (χ2v) is 6.13. The predicted molar refractivity (Wildman–Crippen MR) is 98.6 cm³/mol. The summed E-state index contributed by atoms with van der Waals surface area (Å²) in [5.74, 6) is -1.77. The van der Waals surface area contributed by atoms with Crippen molar-refractivity contribution in [1.29, 1.82) is 0 Å². The third kappa shape index (κ3) is 5.64. The van der Waals surface area contributed by atoms with Gasteiger partial charge in [-0.3, -0.25) is 9.59 Å². The zero-order valence-electron chi connectivity index (χ0n) is 15.4.